The van der Waals surface area contributed by atoms with E-state index in [1.807, 2.05) is 26.0 Å². The summed E-state index contributed by atoms with van der Waals surface area (Å²) in [6.45, 7) is 3.96. The van der Waals surface area contributed by atoms with Gasteiger partial charge in [-0.25, -0.2) is 0 Å². The number of rotatable bonds is 3. The van der Waals surface area contributed by atoms with Crippen molar-refractivity contribution in [2.75, 3.05) is 5.73 Å². The van der Waals surface area contributed by atoms with Crippen LogP contribution in [0.2, 0.25) is 0 Å². The molecule has 0 aliphatic rings. The smallest absolute Gasteiger partial charge is 0.416 e. The average molecular weight is 295 g/mol. The molecule has 2 rings (SSSR count). The van der Waals surface area contributed by atoms with Crippen LogP contribution < -0.4 is 10.5 Å². The fourth-order valence-corrected chi connectivity index (χ4v) is 1.92. The van der Waals surface area contributed by atoms with Gasteiger partial charge in [0, 0.05) is 5.69 Å². The van der Waals surface area contributed by atoms with Crippen LogP contribution in [0, 0.1) is 13.8 Å². The van der Waals surface area contributed by atoms with Gasteiger partial charge in [0.2, 0.25) is 0 Å². The molecule has 112 valence electrons. The average Bonchev–Trinajstić information content (AvgIpc) is 2.41. The van der Waals surface area contributed by atoms with Gasteiger partial charge in [-0.3, -0.25) is 0 Å². The molecule has 21 heavy (non-hydrogen) atoms. The molecular formula is C16H16F3NO. The SMILES string of the molecule is Cc1cc(OCc2ccc(C(F)(F)F)cc2)c(C)cc1N. The van der Waals surface area contributed by atoms with Gasteiger partial charge >= 0.3 is 6.18 Å². The Morgan fingerprint density at radius 2 is 1.62 bits per heavy atom. The van der Waals surface area contributed by atoms with Gasteiger partial charge in [0.15, 0.2) is 0 Å². The van der Waals surface area contributed by atoms with Crippen LogP contribution in [0.3, 0.4) is 0 Å². The summed E-state index contributed by atoms with van der Waals surface area (Å²) in [7, 11) is 0. The number of anilines is 1. The number of alkyl halides is 3. The lowest BCUT2D eigenvalue weighted by molar-refractivity contribution is -0.137. The van der Waals surface area contributed by atoms with E-state index < -0.39 is 11.7 Å². The van der Waals surface area contributed by atoms with Crippen molar-refractivity contribution in [3.63, 3.8) is 0 Å². The van der Waals surface area contributed by atoms with Crippen molar-refractivity contribution in [3.05, 3.63) is 58.7 Å². The van der Waals surface area contributed by atoms with E-state index in [-0.39, 0.29) is 6.61 Å². The molecule has 0 unspecified atom stereocenters. The predicted octanol–water partition coefficient (Wildman–Crippen LogP) is 4.48. The number of hydrogen-bond donors (Lipinski definition) is 1. The fraction of sp³-hybridized carbons (Fsp3) is 0.250. The van der Waals surface area contributed by atoms with Gasteiger partial charge in [-0.05, 0) is 54.8 Å². The van der Waals surface area contributed by atoms with Crippen molar-refractivity contribution in [1.82, 2.24) is 0 Å². The summed E-state index contributed by atoms with van der Waals surface area (Å²) in [5, 5.41) is 0. The highest BCUT2D eigenvalue weighted by Gasteiger charge is 2.29. The fourth-order valence-electron chi connectivity index (χ4n) is 1.92. The van der Waals surface area contributed by atoms with Gasteiger partial charge in [-0.1, -0.05) is 12.1 Å². The van der Waals surface area contributed by atoms with E-state index >= 15 is 0 Å². The van der Waals surface area contributed by atoms with Crippen LogP contribution in [0.5, 0.6) is 5.75 Å². The minimum atomic E-state index is -4.32. The first-order valence-corrected chi connectivity index (χ1v) is 6.43. The van der Waals surface area contributed by atoms with Crippen molar-refractivity contribution in [2.24, 2.45) is 0 Å². The number of halogens is 3. The minimum absolute atomic E-state index is 0.211. The lowest BCUT2D eigenvalue weighted by Crippen LogP contribution is -2.05. The zero-order valence-corrected chi connectivity index (χ0v) is 11.8. The van der Waals surface area contributed by atoms with Crippen molar-refractivity contribution in [1.29, 1.82) is 0 Å². The number of aryl methyl sites for hydroxylation is 2. The van der Waals surface area contributed by atoms with Crippen molar-refractivity contribution < 1.29 is 17.9 Å². The zero-order valence-electron chi connectivity index (χ0n) is 11.8. The van der Waals surface area contributed by atoms with Gasteiger partial charge in [-0.15, -0.1) is 0 Å². The topological polar surface area (TPSA) is 35.2 Å². The standard InChI is InChI=1S/C16H16F3NO/c1-10-8-15(11(2)7-14(10)20)21-9-12-3-5-13(6-4-12)16(17,18)19/h3-8H,9,20H2,1-2H3. The lowest BCUT2D eigenvalue weighted by Gasteiger charge is -2.12. The van der Waals surface area contributed by atoms with E-state index in [9.17, 15) is 13.2 Å². The van der Waals surface area contributed by atoms with Crippen LogP contribution in [-0.2, 0) is 12.8 Å². The van der Waals surface area contributed by atoms with Crippen LogP contribution in [0.25, 0.3) is 0 Å². The lowest BCUT2D eigenvalue weighted by atomic mass is 10.1. The third-order valence-corrected chi connectivity index (χ3v) is 3.24. The van der Waals surface area contributed by atoms with Gasteiger partial charge < -0.3 is 10.5 Å². The Balaban J connectivity index is 2.08. The third-order valence-electron chi connectivity index (χ3n) is 3.24. The molecule has 0 saturated heterocycles. The molecule has 2 N–H and O–H groups in total. The highest BCUT2D eigenvalue weighted by molar-refractivity contribution is 5.53. The van der Waals surface area contributed by atoms with Gasteiger partial charge in [0.25, 0.3) is 0 Å². The first-order chi connectivity index (χ1) is 9.77. The maximum absolute atomic E-state index is 12.5. The monoisotopic (exact) mass is 295 g/mol. The van der Waals surface area contributed by atoms with E-state index in [1.165, 1.54) is 12.1 Å². The molecule has 2 aromatic rings. The van der Waals surface area contributed by atoms with Gasteiger partial charge in [0.1, 0.15) is 12.4 Å². The Morgan fingerprint density at radius 1 is 1.00 bits per heavy atom. The molecule has 0 fully saturated rings. The van der Waals surface area contributed by atoms with Gasteiger partial charge in [-0.2, -0.15) is 13.2 Å². The molecule has 0 amide bonds. The van der Waals surface area contributed by atoms with Crippen molar-refractivity contribution >= 4 is 5.69 Å². The number of nitrogens with two attached hydrogens (primary N) is 1. The highest BCUT2D eigenvalue weighted by atomic mass is 19.4. The maximum atomic E-state index is 12.5. The molecule has 2 aromatic carbocycles. The summed E-state index contributed by atoms with van der Waals surface area (Å²) in [5.41, 5.74) is 8.30. The molecule has 0 aliphatic heterocycles. The van der Waals surface area contributed by atoms with E-state index in [2.05, 4.69) is 0 Å². The third kappa shape index (κ3) is 3.68. The molecule has 2 nitrogen and oxygen atoms in total. The van der Waals surface area contributed by atoms with Crippen LogP contribution in [0.1, 0.15) is 22.3 Å². The summed E-state index contributed by atoms with van der Waals surface area (Å²) < 4.78 is 43.0. The second kappa shape index (κ2) is 5.68. The number of hydrogen-bond acceptors (Lipinski definition) is 2. The van der Waals surface area contributed by atoms with Crippen LogP contribution in [0.4, 0.5) is 18.9 Å². The number of nitrogen functional groups attached to an aromatic ring is 1. The largest absolute Gasteiger partial charge is 0.489 e. The zero-order chi connectivity index (χ0) is 15.6. The van der Waals surface area contributed by atoms with Crippen molar-refractivity contribution in [3.8, 4) is 5.75 Å². The van der Waals surface area contributed by atoms with E-state index in [0.717, 1.165) is 23.3 Å². The summed E-state index contributed by atoms with van der Waals surface area (Å²) >= 11 is 0. The number of ether oxygens (including phenoxy) is 1. The second-order valence-electron chi connectivity index (χ2n) is 4.96. The van der Waals surface area contributed by atoms with E-state index in [4.69, 9.17) is 10.5 Å². The minimum Gasteiger partial charge on any atom is -0.489 e. The normalized spacial score (nSPS) is 11.5. The van der Waals surface area contributed by atoms with Crippen LogP contribution >= 0.6 is 0 Å². The summed E-state index contributed by atoms with van der Waals surface area (Å²) in [6, 6.07) is 8.59. The van der Waals surface area contributed by atoms with Crippen molar-refractivity contribution in [2.45, 2.75) is 26.6 Å². The number of benzene rings is 2. The highest BCUT2D eigenvalue weighted by Crippen LogP contribution is 2.29. The first kappa shape index (κ1) is 15.2. The Morgan fingerprint density at radius 3 is 2.19 bits per heavy atom. The van der Waals surface area contributed by atoms with Gasteiger partial charge in [0.05, 0.1) is 5.56 Å². The molecule has 0 radical (unpaired) electrons. The molecule has 0 atom stereocenters. The quantitative estimate of drug-likeness (QED) is 0.847. The second-order valence-corrected chi connectivity index (χ2v) is 4.96. The van der Waals surface area contributed by atoms with Crippen LogP contribution in [0.15, 0.2) is 36.4 Å². The van der Waals surface area contributed by atoms with Crippen LogP contribution in [-0.4, -0.2) is 0 Å². The molecular weight excluding hydrogens is 279 g/mol. The Kier molecular flexibility index (Phi) is 4.11. The molecule has 5 heteroatoms. The molecule has 0 saturated carbocycles. The first-order valence-electron chi connectivity index (χ1n) is 6.43. The van der Waals surface area contributed by atoms with E-state index in [1.54, 1.807) is 0 Å². The summed E-state index contributed by atoms with van der Waals surface area (Å²) in [6.07, 6.45) is -4.32. The molecule has 0 bridgehead atoms. The molecule has 0 spiro atoms. The predicted molar refractivity (Wildman–Crippen MR) is 76.1 cm³/mol. The molecule has 0 aromatic heterocycles. The maximum Gasteiger partial charge on any atom is 0.416 e. The summed E-state index contributed by atoms with van der Waals surface area (Å²) in [5.74, 6) is 0.682. The molecule has 0 aliphatic carbocycles. The van der Waals surface area contributed by atoms with E-state index in [0.29, 0.717) is 17.0 Å². The summed E-state index contributed by atoms with van der Waals surface area (Å²) in [4.78, 5) is 0. The Bertz CT molecular complexity index is 633. The Labute approximate surface area is 121 Å². The Hall–Kier alpha value is -2.17. The molecule has 0 heterocycles.